The van der Waals surface area contributed by atoms with E-state index in [2.05, 4.69) is 62.2 Å². The van der Waals surface area contributed by atoms with Crippen LogP contribution in [0.15, 0.2) is 30.5 Å². The Bertz CT molecular complexity index is 506. The summed E-state index contributed by atoms with van der Waals surface area (Å²) >= 11 is 1.77. The Morgan fingerprint density at radius 2 is 1.82 bits per heavy atom. The summed E-state index contributed by atoms with van der Waals surface area (Å²) < 4.78 is 0. The second kappa shape index (κ2) is 5.28. The minimum atomic E-state index is 0.515. The van der Waals surface area contributed by atoms with Crippen LogP contribution in [-0.4, -0.2) is 4.98 Å². The van der Waals surface area contributed by atoms with Gasteiger partial charge in [-0.3, -0.25) is 0 Å². The molecule has 0 aliphatic rings. The number of rotatable bonds is 3. The van der Waals surface area contributed by atoms with Crippen LogP contribution in [0.5, 0.6) is 0 Å². The van der Waals surface area contributed by atoms with Gasteiger partial charge in [-0.2, -0.15) is 0 Å². The lowest BCUT2D eigenvalue weighted by molar-refractivity contribution is 0.852. The summed E-state index contributed by atoms with van der Waals surface area (Å²) in [5.41, 5.74) is 2.53. The van der Waals surface area contributed by atoms with Crippen molar-refractivity contribution in [1.29, 1.82) is 0 Å². The van der Waals surface area contributed by atoms with E-state index in [4.69, 9.17) is 0 Å². The lowest BCUT2D eigenvalue weighted by Crippen LogP contribution is -1.81. The van der Waals surface area contributed by atoms with Crippen LogP contribution in [-0.2, 0) is 0 Å². The highest BCUT2D eigenvalue weighted by Gasteiger charge is 2.03. The molecule has 0 fully saturated rings. The van der Waals surface area contributed by atoms with Crippen LogP contribution >= 0.6 is 11.3 Å². The van der Waals surface area contributed by atoms with Crippen LogP contribution in [0.4, 0.5) is 0 Å². The molecule has 0 aliphatic heterocycles. The third-order valence-corrected chi connectivity index (χ3v) is 3.82. The van der Waals surface area contributed by atoms with Gasteiger partial charge in [0.15, 0.2) is 0 Å². The van der Waals surface area contributed by atoms with Crippen molar-refractivity contribution in [3.05, 3.63) is 51.5 Å². The van der Waals surface area contributed by atoms with Crippen molar-refractivity contribution in [3.63, 3.8) is 0 Å². The number of aryl methyl sites for hydroxylation is 1. The zero-order valence-corrected chi connectivity index (χ0v) is 11.3. The van der Waals surface area contributed by atoms with E-state index in [0.29, 0.717) is 5.92 Å². The second-order valence-corrected chi connectivity index (χ2v) is 5.59. The number of hydrogen-bond acceptors (Lipinski definition) is 2. The molecule has 88 valence electrons. The Morgan fingerprint density at radius 3 is 2.41 bits per heavy atom. The largest absolute Gasteiger partial charge is 0.249 e. The molecule has 0 radical (unpaired) electrons. The van der Waals surface area contributed by atoms with E-state index in [9.17, 15) is 0 Å². The quantitative estimate of drug-likeness (QED) is 0.758. The van der Waals surface area contributed by atoms with Crippen molar-refractivity contribution in [2.24, 2.45) is 0 Å². The molecule has 0 unspecified atom stereocenters. The van der Waals surface area contributed by atoms with Crippen molar-refractivity contribution in [3.8, 4) is 0 Å². The first-order valence-electron chi connectivity index (χ1n) is 5.85. The van der Waals surface area contributed by atoms with Gasteiger partial charge in [-0.05, 0) is 18.6 Å². The van der Waals surface area contributed by atoms with Crippen LogP contribution in [0, 0.1) is 6.92 Å². The average Bonchev–Trinajstić information content (AvgIpc) is 2.77. The lowest BCUT2D eigenvalue weighted by Gasteiger charge is -1.95. The first-order chi connectivity index (χ1) is 8.15. The minimum Gasteiger partial charge on any atom is -0.249 e. The summed E-state index contributed by atoms with van der Waals surface area (Å²) in [4.78, 5) is 5.63. The third kappa shape index (κ3) is 3.27. The predicted molar refractivity (Wildman–Crippen MR) is 76.3 cm³/mol. The van der Waals surface area contributed by atoms with E-state index in [0.717, 1.165) is 0 Å². The molecular weight excluding hydrogens is 226 g/mol. The molecule has 2 rings (SSSR count). The Kier molecular flexibility index (Phi) is 3.75. The van der Waals surface area contributed by atoms with Crippen LogP contribution in [0.2, 0.25) is 0 Å². The smallest absolute Gasteiger partial charge is 0.0956 e. The van der Waals surface area contributed by atoms with E-state index < -0.39 is 0 Å². The van der Waals surface area contributed by atoms with Crippen LogP contribution < -0.4 is 0 Å². The molecule has 0 atom stereocenters. The van der Waals surface area contributed by atoms with E-state index in [1.807, 2.05) is 6.20 Å². The summed E-state index contributed by atoms with van der Waals surface area (Å²) in [5, 5.41) is 1.20. The highest BCUT2D eigenvalue weighted by molar-refractivity contribution is 7.12. The molecule has 1 heterocycles. The van der Waals surface area contributed by atoms with Crippen molar-refractivity contribution >= 4 is 23.5 Å². The van der Waals surface area contributed by atoms with Crippen molar-refractivity contribution < 1.29 is 0 Å². The van der Waals surface area contributed by atoms with Gasteiger partial charge in [-0.15, -0.1) is 11.3 Å². The summed E-state index contributed by atoms with van der Waals surface area (Å²) in [6.45, 7) is 6.45. The molecule has 0 aliphatic carbocycles. The number of thiazole rings is 1. The third-order valence-electron chi connectivity index (χ3n) is 2.55. The van der Waals surface area contributed by atoms with Gasteiger partial charge in [-0.25, -0.2) is 4.98 Å². The Morgan fingerprint density at radius 1 is 1.12 bits per heavy atom. The lowest BCUT2D eigenvalue weighted by atomic mass is 10.1. The number of aromatic nitrogens is 1. The van der Waals surface area contributed by atoms with E-state index >= 15 is 0 Å². The van der Waals surface area contributed by atoms with E-state index in [-0.39, 0.29) is 0 Å². The molecule has 2 aromatic rings. The molecule has 0 amide bonds. The maximum atomic E-state index is 4.41. The molecule has 0 saturated heterocycles. The predicted octanol–water partition coefficient (Wildman–Crippen LogP) is 4.75. The van der Waals surface area contributed by atoms with Crippen molar-refractivity contribution in [1.82, 2.24) is 4.98 Å². The van der Waals surface area contributed by atoms with Gasteiger partial charge in [0.25, 0.3) is 0 Å². The van der Waals surface area contributed by atoms with Gasteiger partial charge in [0.2, 0.25) is 0 Å². The first kappa shape index (κ1) is 12.1. The van der Waals surface area contributed by atoms with Gasteiger partial charge in [0, 0.05) is 17.0 Å². The molecule has 0 spiro atoms. The summed E-state index contributed by atoms with van der Waals surface area (Å²) in [6, 6.07) is 8.53. The van der Waals surface area contributed by atoms with Gasteiger partial charge in [-0.1, -0.05) is 49.8 Å². The van der Waals surface area contributed by atoms with Crippen LogP contribution in [0.1, 0.15) is 40.8 Å². The Labute approximate surface area is 107 Å². The number of nitrogens with zero attached hydrogens (tertiary/aromatic N) is 1. The Hall–Kier alpha value is -1.41. The van der Waals surface area contributed by atoms with Crippen molar-refractivity contribution in [2.45, 2.75) is 26.7 Å². The fourth-order valence-corrected chi connectivity index (χ4v) is 2.32. The minimum absolute atomic E-state index is 0.515. The second-order valence-electron chi connectivity index (χ2n) is 4.50. The highest BCUT2D eigenvalue weighted by Crippen LogP contribution is 2.22. The summed E-state index contributed by atoms with van der Waals surface area (Å²) in [5.74, 6) is 0.515. The molecule has 0 bridgehead atoms. The zero-order chi connectivity index (χ0) is 12.3. The fraction of sp³-hybridized carbons (Fsp3) is 0.267. The summed E-state index contributed by atoms with van der Waals surface area (Å²) in [6.07, 6.45) is 6.22. The van der Waals surface area contributed by atoms with Gasteiger partial charge < -0.3 is 0 Å². The molecule has 17 heavy (non-hydrogen) atoms. The van der Waals surface area contributed by atoms with Gasteiger partial charge in [0.1, 0.15) is 0 Å². The Balaban J connectivity index is 2.11. The first-order valence-corrected chi connectivity index (χ1v) is 6.67. The normalized spacial score (nSPS) is 11.5. The summed E-state index contributed by atoms with van der Waals surface area (Å²) in [7, 11) is 0. The number of hydrogen-bond donors (Lipinski definition) is 0. The standard InChI is InChI=1S/C15H17NS/c1-11(2)15-16-10-14(17-15)9-8-13-6-4-12(3)5-7-13/h4-11H,1-3H3/b9-8+. The topological polar surface area (TPSA) is 12.9 Å². The molecule has 0 N–H and O–H groups in total. The van der Waals surface area contributed by atoms with E-state index in [1.54, 1.807) is 11.3 Å². The molecule has 2 heteroatoms. The molecule has 0 saturated carbocycles. The average molecular weight is 243 g/mol. The maximum Gasteiger partial charge on any atom is 0.0956 e. The molecular formula is C15H17NS. The zero-order valence-electron chi connectivity index (χ0n) is 10.5. The molecule has 1 aromatic heterocycles. The SMILES string of the molecule is Cc1ccc(/C=C/c2cnc(C(C)C)s2)cc1. The van der Waals surface area contributed by atoms with Crippen LogP contribution in [0.25, 0.3) is 12.2 Å². The monoisotopic (exact) mass is 243 g/mol. The number of benzene rings is 1. The molecule has 1 nitrogen and oxygen atoms in total. The van der Waals surface area contributed by atoms with E-state index in [1.165, 1.54) is 21.0 Å². The molecule has 1 aromatic carbocycles. The van der Waals surface area contributed by atoms with Crippen molar-refractivity contribution in [2.75, 3.05) is 0 Å². The fourth-order valence-electron chi connectivity index (χ4n) is 1.50. The van der Waals surface area contributed by atoms with Crippen LogP contribution in [0.3, 0.4) is 0 Å². The highest BCUT2D eigenvalue weighted by atomic mass is 32.1. The maximum absolute atomic E-state index is 4.41. The van der Waals surface area contributed by atoms with Gasteiger partial charge in [0.05, 0.1) is 5.01 Å². The van der Waals surface area contributed by atoms with Gasteiger partial charge >= 0.3 is 0 Å².